The molecule has 2 saturated heterocycles. The molecular formula is C20H30N2O. The second-order valence-electron chi connectivity index (χ2n) is 7.71. The molecule has 3 atom stereocenters. The maximum absolute atomic E-state index is 6.36. The van der Waals surface area contributed by atoms with E-state index in [4.69, 9.17) is 4.74 Å². The van der Waals surface area contributed by atoms with Crippen molar-refractivity contribution in [2.24, 2.45) is 5.92 Å². The van der Waals surface area contributed by atoms with Gasteiger partial charge >= 0.3 is 0 Å². The van der Waals surface area contributed by atoms with Crippen LogP contribution in [0.2, 0.25) is 0 Å². The molecule has 4 rings (SSSR count). The highest BCUT2D eigenvalue weighted by molar-refractivity contribution is 5.22. The Morgan fingerprint density at radius 2 is 2.04 bits per heavy atom. The fraction of sp³-hybridized carbons (Fsp3) is 0.700. The van der Waals surface area contributed by atoms with Crippen molar-refractivity contribution in [1.82, 2.24) is 9.80 Å². The van der Waals surface area contributed by atoms with Crippen LogP contribution in [-0.2, 0) is 11.3 Å². The first-order valence-electron chi connectivity index (χ1n) is 9.43. The topological polar surface area (TPSA) is 15.7 Å². The van der Waals surface area contributed by atoms with Crippen molar-refractivity contribution in [2.45, 2.75) is 51.3 Å². The van der Waals surface area contributed by atoms with E-state index >= 15 is 0 Å². The van der Waals surface area contributed by atoms with Crippen LogP contribution in [0.15, 0.2) is 24.3 Å². The molecule has 0 N–H and O–H groups in total. The Morgan fingerprint density at radius 3 is 2.87 bits per heavy atom. The number of fused-ring (bicyclic) bond motifs is 2. The summed E-state index contributed by atoms with van der Waals surface area (Å²) < 4.78 is 6.36. The largest absolute Gasteiger partial charge is 0.375 e. The molecule has 0 unspecified atom stereocenters. The lowest BCUT2D eigenvalue weighted by Crippen LogP contribution is -2.35. The summed E-state index contributed by atoms with van der Waals surface area (Å²) in [6.07, 6.45) is 5.92. The van der Waals surface area contributed by atoms with Gasteiger partial charge in [0, 0.05) is 25.7 Å². The average molecular weight is 314 g/mol. The molecule has 3 fully saturated rings. The maximum Gasteiger partial charge on any atom is 0.0771 e. The lowest BCUT2D eigenvalue weighted by Gasteiger charge is -2.27. The minimum Gasteiger partial charge on any atom is -0.375 e. The van der Waals surface area contributed by atoms with Gasteiger partial charge in [0.1, 0.15) is 0 Å². The summed E-state index contributed by atoms with van der Waals surface area (Å²) in [4.78, 5) is 5.23. The van der Waals surface area contributed by atoms with Crippen LogP contribution in [0.4, 0.5) is 0 Å². The van der Waals surface area contributed by atoms with Gasteiger partial charge in [0.2, 0.25) is 0 Å². The maximum atomic E-state index is 6.36. The van der Waals surface area contributed by atoms with E-state index in [1.165, 1.54) is 56.4 Å². The number of ether oxygens (including phenoxy) is 1. The van der Waals surface area contributed by atoms with E-state index in [1.54, 1.807) is 0 Å². The van der Waals surface area contributed by atoms with Crippen LogP contribution >= 0.6 is 0 Å². The van der Waals surface area contributed by atoms with Gasteiger partial charge in [-0.1, -0.05) is 29.8 Å². The van der Waals surface area contributed by atoms with E-state index < -0.39 is 0 Å². The number of hydrogen-bond donors (Lipinski definition) is 0. The average Bonchev–Trinajstić information content (AvgIpc) is 3.24. The van der Waals surface area contributed by atoms with Gasteiger partial charge in [-0.2, -0.15) is 0 Å². The van der Waals surface area contributed by atoms with Gasteiger partial charge in [0.15, 0.2) is 0 Å². The molecule has 0 spiro atoms. The molecule has 2 heterocycles. The van der Waals surface area contributed by atoms with Gasteiger partial charge in [0.25, 0.3) is 0 Å². The van der Waals surface area contributed by atoms with Gasteiger partial charge in [-0.05, 0) is 57.2 Å². The second-order valence-corrected chi connectivity index (χ2v) is 7.71. The van der Waals surface area contributed by atoms with Crippen molar-refractivity contribution < 1.29 is 4.74 Å². The Hall–Kier alpha value is -0.900. The normalized spacial score (nSPS) is 31.3. The summed E-state index contributed by atoms with van der Waals surface area (Å²) in [5.74, 6) is 0.767. The molecule has 1 aromatic carbocycles. The van der Waals surface area contributed by atoms with Crippen molar-refractivity contribution in [3.8, 4) is 0 Å². The number of benzene rings is 1. The molecule has 3 aliphatic rings. The molecule has 1 aliphatic carbocycles. The lowest BCUT2D eigenvalue weighted by molar-refractivity contribution is 0.0174. The van der Waals surface area contributed by atoms with Gasteiger partial charge < -0.3 is 9.64 Å². The zero-order valence-electron chi connectivity index (χ0n) is 14.4. The number of likely N-dealkylation sites (tertiary alicyclic amines) is 2. The van der Waals surface area contributed by atoms with Crippen LogP contribution in [0, 0.1) is 12.8 Å². The Balaban J connectivity index is 1.30. The fourth-order valence-electron chi connectivity index (χ4n) is 4.85. The van der Waals surface area contributed by atoms with Gasteiger partial charge in [0.05, 0.1) is 12.7 Å². The highest BCUT2D eigenvalue weighted by Crippen LogP contribution is 2.40. The number of aryl methyl sites for hydroxylation is 1. The Kier molecular flexibility index (Phi) is 4.70. The summed E-state index contributed by atoms with van der Waals surface area (Å²) in [7, 11) is 0. The van der Waals surface area contributed by atoms with Crippen molar-refractivity contribution in [2.75, 3.05) is 32.8 Å². The lowest BCUT2D eigenvalue weighted by atomic mass is 10.1. The third-order valence-electron chi connectivity index (χ3n) is 6.00. The molecule has 1 saturated carbocycles. The minimum atomic E-state index is 0.488. The quantitative estimate of drug-likeness (QED) is 0.802. The predicted molar refractivity (Wildman–Crippen MR) is 93.5 cm³/mol. The summed E-state index contributed by atoms with van der Waals surface area (Å²) in [6.45, 7) is 9.12. The van der Waals surface area contributed by atoms with Crippen molar-refractivity contribution >= 4 is 0 Å². The van der Waals surface area contributed by atoms with E-state index in [9.17, 15) is 0 Å². The zero-order valence-corrected chi connectivity index (χ0v) is 14.4. The number of nitrogens with zero attached hydrogens (tertiary/aromatic N) is 2. The third-order valence-corrected chi connectivity index (χ3v) is 6.00. The molecule has 3 nitrogen and oxygen atoms in total. The number of rotatable bonds is 6. The highest BCUT2D eigenvalue weighted by Gasteiger charge is 2.47. The second kappa shape index (κ2) is 6.92. The standard InChI is InChI=1S/C20H30N2O/c1-16-5-4-6-17(13-16)14-22-15-18-7-8-19(22)20(18)23-12-11-21-9-2-3-10-21/h4-6,13,18-20H,2-3,7-12,14-15H2,1H3/t18-,19+,20+/m1/s1. The Bertz CT molecular complexity index is 526. The highest BCUT2D eigenvalue weighted by atomic mass is 16.5. The van der Waals surface area contributed by atoms with Crippen molar-refractivity contribution in [3.63, 3.8) is 0 Å². The molecule has 3 heteroatoms. The summed E-state index contributed by atoms with van der Waals surface area (Å²) in [5, 5.41) is 0. The first-order chi connectivity index (χ1) is 11.3. The van der Waals surface area contributed by atoms with Crippen LogP contribution in [0.5, 0.6) is 0 Å². The molecular weight excluding hydrogens is 284 g/mol. The SMILES string of the molecule is Cc1cccc(CN2C[C@H]3CC[C@H]2[C@H]3OCCN2CCCC2)c1. The summed E-state index contributed by atoms with van der Waals surface area (Å²) in [6, 6.07) is 9.61. The number of piperidine rings is 1. The molecule has 2 aliphatic heterocycles. The molecule has 0 amide bonds. The van der Waals surface area contributed by atoms with Crippen molar-refractivity contribution in [3.05, 3.63) is 35.4 Å². The van der Waals surface area contributed by atoms with Crippen LogP contribution in [0.3, 0.4) is 0 Å². The van der Waals surface area contributed by atoms with E-state index in [0.29, 0.717) is 12.1 Å². The predicted octanol–water partition coefficient (Wildman–Crippen LogP) is 3.07. The third kappa shape index (κ3) is 3.47. The molecule has 0 aromatic heterocycles. The summed E-state index contributed by atoms with van der Waals surface area (Å²) in [5.41, 5.74) is 2.82. The van der Waals surface area contributed by atoms with Crippen LogP contribution in [-0.4, -0.2) is 54.7 Å². The van der Waals surface area contributed by atoms with E-state index in [2.05, 4.69) is 41.0 Å². The molecule has 2 bridgehead atoms. The fourth-order valence-corrected chi connectivity index (χ4v) is 4.85. The van der Waals surface area contributed by atoms with Crippen LogP contribution in [0.1, 0.15) is 36.8 Å². The van der Waals surface area contributed by atoms with E-state index in [1.807, 2.05) is 0 Å². The monoisotopic (exact) mass is 314 g/mol. The summed E-state index contributed by atoms with van der Waals surface area (Å²) >= 11 is 0. The van der Waals surface area contributed by atoms with Crippen LogP contribution in [0.25, 0.3) is 0 Å². The van der Waals surface area contributed by atoms with E-state index in [0.717, 1.165) is 25.6 Å². The first-order valence-corrected chi connectivity index (χ1v) is 9.43. The molecule has 126 valence electrons. The van der Waals surface area contributed by atoms with Gasteiger partial charge in [-0.3, -0.25) is 4.90 Å². The minimum absolute atomic E-state index is 0.488. The zero-order chi connectivity index (χ0) is 15.6. The van der Waals surface area contributed by atoms with Gasteiger partial charge in [-0.15, -0.1) is 0 Å². The van der Waals surface area contributed by atoms with E-state index in [-0.39, 0.29) is 0 Å². The number of hydrogen-bond acceptors (Lipinski definition) is 3. The molecule has 1 aromatic rings. The van der Waals surface area contributed by atoms with Crippen molar-refractivity contribution in [1.29, 1.82) is 0 Å². The Morgan fingerprint density at radius 1 is 1.17 bits per heavy atom. The Labute approximate surface area is 140 Å². The smallest absolute Gasteiger partial charge is 0.0771 e. The first kappa shape index (κ1) is 15.6. The molecule has 0 radical (unpaired) electrons. The molecule has 23 heavy (non-hydrogen) atoms. The van der Waals surface area contributed by atoms with Gasteiger partial charge in [-0.25, -0.2) is 0 Å². The van der Waals surface area contributed by atoms with Crippen LogP contribution < -0.4 is 0 Å².